The van der Waals surface area contributed by atoms with Gasteiger partial charge in [-0.05, 0) is 12.5 Å². The standard InChI is InChI=1S/C13H24N2O3Si/c1-5-6-18-13(16)12-9-15(10-14-12)11-17-7-8-19(2,3)4/h9-10H,5-8,11H2,1-4H3. The van der Waals surface area contributed by atoms with Crippen molar-refractivity contribution in [2.75, 3.05) is 13.2 Å². The third-order valence-electron chi connectivity index (χ3n) is 2.52. The Morgan fingerprint density at radius 2 is 2.11 bits per heavy atom. The minimum atomic E-state index is -1.05. The summed E-state index contributed by atoms with van der Waals surface area (Å²) >= 11 is 0. The fraction of sp³-hybridized carbons (Fsp3) is 0.692. The topological polar surface area (TPSA) is 53.4 Å². The van der Waals surface area contributed by atoms with E-state index < -0.39 is 8.07 Å². The average molecular weight is 284 g/mol. The highest BCUT2D eigenvalue weighted by molar-refractivity contribution is 6.76. The molecule has 1 aromatic rings. The lowest BCUT2D eigenvalue weighted by Gasteiger charge is -2.15. The molecule has 0 N–H and O–H groups in total. The largest absolute Gasteiger partial charge is 0.461 e. The summed E-state index contributed by atoms with van der Waals surface area (Å²) in [7, 11) is -1.05. The Labute approximate surface area is 115 Å². The molecular formula is C13H24N2O3Si. The molecule has 0 aliphatic rings. The minimum absolute atomic E-state index is 0.335. The molecule has 108 valence electrons. The van der Waals surface area contributed by atoms with Crippen LogP contribution < -0.4 is 0 Å². The number of ether oxygens (including phenoxy) is 2. The molecule has 0 amide bonds. The van der Waals surface area contributed by atoms with Gasteiger partial charge < -0.3 is 14.0 Å². The highest BCUT2D eigenvalue weighted by Gasteiger charge is 2.13. The molecule has 0 radical (unpaired) electrons. The number of hydrogen-bond acceptors (Lipinski definition) is 4. The molecule has 0 saturated carbocycles. The Bertz CT molecular complexity index is 399. The SMILES string of the molecule is CCCOC(=O)c1cn(COCC[Si](C)(C)C)cn1. The molecule has 0 bridgehead atoms. The second-order valence-corrected chi connectivity index (χ2v) is 11.4. The van der Waals surface area contributed by atoms with Crippen LogP contribution in [0.3, 0.4) is 0 Å². The lowest BCUT2D eigenvalue weighted by atomic mass is 10.5. The normalized spacial score (nSPS) is 11.6. The molecule has 5 nitrogen and oxygen atoms in total. The van der Waals surface area contributed by atoms with Gasteiger partial charge in [0.05, 0.1) is 12.9 Å². The van der Waals surface area contributed by atoms with E-state index >= 15 is 0 Å². The first-order chi connectivity index (χ1) is 8.92. The summed E-state index contributed by atoms with van der Waals surface area (Å²) in [6.45, 7) is 10.5. The molecule has 0 atom stereocenters. The minimum Gasteiger partial charge on any atom is -0.461 e. The number of imidazole rings is 1. The van der Waals surface area contributed by atoms with Crippen LogP contribution in [0.25, 0.3) is 0 Å². The van der Waals surface area contributed by atoms with Gasteiger partial charge in [-0.2, -0.15) is 0 Å². The van der Waals surface area contributed by atoms with Crippen molar-refractivity contribution >= 4 is 14.0 Å². The van der Waals surface area contributed by atoms with Gasteiger partial charge in [0.2, 0.25) is 0 Å². The van der Waals surface area contributed by atoms with Crippen LogP contribution in [-0.2, 0) is 16.2 Å². The van der Waals surface area contributed by atoms with Gasteiger partial charge in [-0.25, -0.2) is 9.78 Å². The first-order valence-corrected chi connectivity index (χ1v) is 10.4. The third kappa shape index (κ3) is 6.54. The van der Waals surface area contributed by atoms with Crippen LogP contribution in [0.5, 0.6) is 0 Å². The summed E-state index contributed by atoms with van der Waals surface area (Å²) in [6, 6.07) is 1.13. The molecule has 0 fully saturated rings. The molecule has 0 aromatic carbocycles. The van der Waals surface area contributed by atoms with Crippen molar-refractivity contribution in [3.05, 3.63) is 18.2 Å². The number of aromatic nitrogens is 2. The zero-order valence-corrected chi connectivity index (χ0v) is 13.3. The average Bonchev–Trinajstić information content (AvgIpc) is 2.79. The molecule has 0 unspecified atom stereocenters. The zero-order chi connectivity index (χ0) is 14.3. The number of rotatable bonds is 8. The van der Waals surface area contributed by atoms with Crippen molar-refractivity contribution in [2.45, 2.75) is 45.8 Å². The molecule has 6 heteroatoms. The Morgan fingerprint density at radius 3 is 2.74 bits per heavy atom. The summed E-state index contributed by atoms with van der Waals surface area (Å²) in [5.41, 5.74) is 0.335. The van der Waals surface area contributed by atoms with Gasteiger partial charge in [0.25, 0.3) is 0 Å². The lowest BCUT2D eigenvalue weighted by molar-refractivity contribution is 0.0498. The molecule has 0 aliphatic heterocycles. The smallest absolute Gasteiger partial charge is 0.358 e. The van der Waals surface area contributed by atoms with E-state index in [1.807, 2.05) is 6.92 Å². The predicted octanol–water partition coefficient (Wildman–Crippen LogP) is 2.76. The molecule has 0 spiro atoms. The maximum Gasteiger partial charge on any atom is 0.358 e. The van der Waals surface area contributed by atoms with Crippen molar-refractivity contribution in [3.8, 4) is 0 Å². The van der Waals surface area contributed by atoms with Gasteiger partial charge in [-0.1, -0.05) is 26.6 Å². The first kappa shape index (κ1) is 15.9. The van der Waals surface area contributed by atoms with Gasteiger partial charge in [0.1, 0.15) is 6.73 Å². The fourth-order valence-corrected chi connectivity index (χ4v) is 2.11. The van der Waals surface area contributed by atoms with E-state index in [2.05, 4.69) is 24.6 Å². The Kier molecular flexibility index (Phi) is 6.24. The van der Waals surface area contributed by atoms with E-state index in [1.54, 1.807) is 17.1 Å². The predicted molar refractivity (Wildman–Crippen MR) is 76.9 cm³/mol. The number of carbonyl (C=O) groups is 1. The summed E-state index contributed by atoms with van der Waals surface area (Å²) < 4.78 is 12.3. The quantitative estimate of drug-likeness (QED) is 0.418. The number of nitrogens with zero attached hydrogens (tertiary/aromatic N) is 2. The van der Waals surface area contributed by atoms with Crippen LogP contribution in [0.1, 0.15) is 23.8 Å². The van der Waals surface area contributed by atoms with E-state index in [9.17, 15) is 4.79 Å². The molecule has 19 heavy (non-hydrogen) atoms. The maximum atomic E-state index is 11.5. The van der Waals surface area contributed by atoms with Gasteiger partial charge >= 0.3 is 5.97 Å². The van der Waals surface area contributed by atoms with Crippen LogP contribution in [0.15, 0.2) is 12.5 Å². The maximum absolute atomic E-state index is 11.5. The highest BCUT2D eigenvalue weighted by Crippen LogP contribution is 2.08. The molecule has 0 saturated heterocycles. The van der Waals surface area contributed by atoms with E-state index in [0.29, 0.717) is 19.0 Å². The van der Waals surface area contributed by atoms with E-state index in [4.69, 9.17) is 9.47 Å². The Hall–Kier alpha value is -1.14. The number of hydrogen-bond donors (Lipinski definition) is 0. The van der Waals surface area contributed by atoms with E-state index in [1.165, 1.54) is 0 Å². The molecule has 1 rings (SSSR count). The monoisotopic (exact) mass is 284 g/mol. The second-order valence-electron chi connectivity index (χ2n) is 5.76. The molecular weight excluding hydrogens is 260 g/mol. The molecule has 0 aliphatic carbocycles. The number of esters is 1. The summed E-state index contributed by atoms with van der Waals surface area (Å²) in [6.07, 6.45) is 4.07. The van der Waals surface area contributed by atoms with Crippen molar-refractivity contribution in [3.63, 3.8) is 0 Å². The van der Waals surface area contributed by atoms with Gasteiger partial charge in [-0.3, -0.25) is 0 Å². The second kappa shape index (κ2) is 7.45. The zero-order valence-electron chi connectivity index (χ0n) is 12.3. The van der Waals surface area contributed by atoms with Crippen molar-refractivity contribution < 1.29 is 14.3 Å². The van der Waals surface area contributed by atoms with Crippen molar-refractivity contribution in [1.29, 1.82) is 0 Å². The fourth-order valence-electron chi connectivity index (χ4n) is 1.35. The Morgan fingerprint density at radius 1 is 1.37 bits per heavy atom. The van der Waals surface area contributed by atoms with Crippen LogP contribution in [-0.4, -0.2) is 36.8 Å². The number of carbonyl (C=O) groups excluding carboxylic acids is 1. The first-order valence-electron chi connectivity index (χ1n) is 6.69. The van der Waals surface area contributed by atoms with Gasteiger partial charge in [0, 0.05) is 20.9 Å². The Balaban J connectivity index is 2.32. The summed E-state index contributed by atoms with van der Waals surface area (Å²) in [5, 5.41) is 0. The molecule has 1 aromatic heterocycles. The van der Waals surface area contributed by atoms with Crippen molar-refractivity contribution in [2.24, 2.45) is 0 Å². The van der Waals surface area contributed by atoms with E-state index in [-0.39, 0.29) is 5.97 Å². The van der Waals surface area contributed by atoms with Gasteiger partial charge in [0.15, 0.2) is 5.69 Å². The summed E-state index contributed by atoms with van der Waals surface area (Å²) in [4.78, 5) is 15.6. The van der Waals surface area contributed by atoms with E-state index in [0.717, 1.165) is 19.1 Å². The van der Waals surface area contributed by atoms with Crippen LogP contribution in [0.4, 0.5) is 0 Å². The lowest BCUT2D eigenvalue weighted by Crippen LogP contribution is -2.21. The summed E-state index contributed by atoms with van der Waals surface area (Å²) in [5.74, 6) is -0.373. The van der Waals surface area contributed by atoms with Crippen LogP contribution in [0, 0.1) is 0 Å². The highest BCUT2D eigenvalue weighted by atomic mass is 28.3. The van der Waals surface area contributed by atoms with Crippen molar-refractivity contribution in [1.82, 2.24) is 9.55 Å². The van der Waals surface area contributed by atoms with Crippen LogP contribution in [0.2, 0.25) is 25.7 Å². The third-order valence-corrected chi connectivity index (χ3v) is 4.22. The molecule has 1 heterocycles. The van der Waals surface area contributed by atoms with Gasteiger partial charge in [-0.15, -0.1) is 0 Å². The van der Waals surface area contributed by atoms with Crippen LogP contribution >= 0.6 is 0 Å².